The molecule has 0 amide bonds. The van der Waals surface area contributed by atoms with Crippen LogP contribution in [-0.2, 0) is 65.4 Å². The summed E-state index contributed by atoms with van der Waals surface area (Å²) < 4.78 is 67.6. The van der Waals surface area contributed by atoms with Gasteiger partial charge in [0, 0.05) is 25.7 Å². The molecule has 19 heteroatoms. The van der Waals surface area contributed by atoms with Gasteiger partial charge in [0.2, 0.25) is 0 Å². The third-order valence-electron chi connectivity index (χ3n) is 14.0. The van der Waals surface area contributed by atoms with E-state index in [4.69, 9.17) is 37.0 Å². The molecule has 3 unspecified atom stereocenters. The van der Waals surface area contributed by atoms with Crippen molar-refractivity contribution in [2.45, 2.75) is 304 Å². The molecular weight excluding hydrogens is 1050 g/mol. The van der Waals surface area contributed by atoms with Gasteiger partial charge in [0.15, 0.2) is 12.2 Å². The molecule has 0 saturated carbocycles. The molecule has 0 heterocycles. The summed E-state index contributed by atoms with van der Waals surface area (Å²) in [7, 11) is -9.87. The fourth-order valence-electron chi connectivity index (χ4n) is 8.74. The van der Waals surface area contributed by atoms with Crippen LogP contribution in [-0.4, -0.2) is 96.7 Å². The maximum Gasteiger partial charge on any atom is 0.472 e. The molecule has 0 aromatic rings. The van der Waals surface area contributed by atoms with Crippen LogP contribution in [0.25, 0.3) is 0 Å². The van der Waals surface area contributed by atoms with Crippen LogP contribution in [0.1, 0.15) is 286 Å². The van der Waals surface area contributed by atoms with E-state index >= 15 is 0 Å². The van der Waals surface area contributed by atoms with Gasteiger partial charge in [-0.2, -0.15) is 0 Å². The molecule has 17 nitrogen and oxygen atoms in total. The molecular formula is C60H116O17P2. The van der Waals surface area contributed by atoms with Crippen molar-refractivity contribution in [2.75, 3.05) is 39.6 Å². The molecule has 0 aliphatic carbocycles. The lowest BCUT2D eigenvalue weighted by Crippen LogP contribution is -2.30. The molecule has 0 spiro atoms. The van der Waals surface area contributed by atoms with Gasteiger partial charge in [-0.3, -0.25) is 37.3 Å². The summed E-state index contributed by atoms with van der Waals surface area (Å²) in [5.41, 5.74) is 0. The monoisotopic (exact) mass is 1170 g/mol. The Morgan fingerprint density at radius 2 is 0.646 bits per heavy atom. The summed E-state index contributed by atoms with van der Waals surface area (Å²) in [6.07, 6.45) is 31.1. The summed E-state index contributed by atoms with van der Waals surface area (Å²) in [5, 5.41) is 10.5. The van der Waals surface area contributed by atoms with Crippen LogP contribution in [0.4, 0.5) is 0 Å². The van der Waals surface area contributed by atoms with Crippen molar-refractivity contribution in [3.05, 3.63) is 0 Å². The molecule has 0 bridgehead atoms. The number of hydrogen-bond donors (Lipinski definition) is 3. The minimum Gasteiger partial charge on any atom is -0.462 e. The number of phosphoric ester groups is 2. The Balaban J connectivity index is 5.20. The average molecular weight is 1170 g/mol. The van der Waals surface area contributed by atoms with Gasteiger partial charge in [-0.25, -0.2) is 9.13 Å². The summed E-state index contributed by atoms with van der Waals surface area (Å²) in [5.74, 6) is 0.0557. The van der Waals surface area contributed by atoms with Crippen molar-refractivity contribution in [3.63, 3.8) is 0 Å². The zero-order chi connectivity index (χ0) is 58.8. The van der Waals surface area contributed by atoms with Gasteiger partial charge in [0.05, 0.1) is 26.4 Å². The van der Waals surface area contributed by atoms with E-state index in [1.807, 2.05) is 0 Å². The van der Waals surface area contributed by atoms with Crippen LogP contribution in [0.5, 0.6) is 0 Å². The summed E-state index contributed by atoms with van der Waals surface area (Å²) in [4.78, 5) is 71.8. The maximum atomic E-state index is 12.9. The number of carbonyl (C=O) groups is 4. The van der Waals surface area contributed by atoms with Gasteiger partial charge in [-0.15, -0.1) is 0 Å². The van der Waals surface area contributed by atoms with E-state index in [-0.39, 0.29) is 25.7 Å². The quantitative estimate of drug-likeness (QED) is 0.0222. The van der Waals surface area contributed by atoms with Crippen molar-refractivity contribution in [1.82, 2.24) is 0 Å². The summed E-state index contributed by atoms with van der Waals surface area (Å²) in [6.45, 7) is 11.6. The first-order valence-corrected chi connectivity index (χ1v) is 34.4. The highest BCUT2D eigenvalue weighted by atomic mass is 31.2. The molecule has 3 N–H and O–H groups in total. The molecule has 0 radical (unpaired) electrons. The van der Waals surface area contributed by atoms with Gasteiger partial charge >= 0.3 is 39.5 Å². The van der Waals surface area contributed by atoms with Crippen LogP contribution >= 0.6 is 15.6 Å². The third-order valence-corrected chi connectivity index (χ3v) is 15.9. The van der Waals surface area contributed by atoms with Crippen LogP contribution < -0.4 is 0 Å². The van der Waals surface area contributed by atoms with Crippen LogP contribution in [0.15, 0.2) is 0 Å². The molecule has 79 heavy (non-hydrogen) atoms. The van der Waals surface area contributed by atoms with E-state index in [0.717, 1.165) is 108 Å². The highest BCUT2D eigenvalue weighted by Gasteiger charge is 2.30. The molecule has 6 atom stereocenters. The second-order valence-corrected chi connectivity index (χ2v) is 25.8. The molecule has 0 aromatic carbocycles. The Morgan fingerprint density at radius 1 is 0.367 bits per heavy atom. The molecule has 0 aromatic heterocycles. The highest BCUT2D eigenvalue weighted by Crippen LogP contribution is 2.45. The molecule has 0 rings (SSSR count). The van der Waals surface area contributed by atoms with Crippen LogP contribution in [0, 0.1) is 17.8 Å². The third kappa shape index (κ3) is 53.8. The van der Waals surface area contributed by atoms with Gasteiger partial charge < -0.3 is 33.8 Å². The highest BCUT2D eigenvalue weighted by molar-refractivity contribution is 7.47. The second-order valence-electron chi connectivity index (χ2n) is 22.9. The Labute approximate surface area is 479 Å². The first-order chi connectivity index (χ1) is 37.8. The van der Waals surface area contributed by atoms with Crippen LogP contribution in [0.3, 0.4) is 0 Å². The largest absolute Gasteiger partial charge is 0.472 e. The number of unbranched alkanes of at least 4 members (excludes halogenated alkanes) is 25. The van der Waals surface area contributed by atoms with Gasteiger partial charge in [0.1, 0.15) is 19.3 Å². The van der Waals surface area contributed by atoms with Gasteiger partial charge in [0.25, 0.3) is 0 Å². The lowest BCUT2D eigenvalue weighted by Gasteiger charge is -2.21. The lowest BCUT2D eigenvalue weighted by molar-refractivity contribution is -0.161. The summed E-state index contributed by atoms with van der Waals surface area (Å²) in [6, 6.07) is 0. The summed E-state index contributed by atoms with van der Waals surface area (Å²) >= 11 is 0. The minimum atomic E-state index is -4.94. The van der Waals surface area contributed by atoms with E-state index in [1.165, 1.54) is 89.9 Å². The fraction of sp³-hybridized carbons (Fsp3) is 0.933. The first kappa shape index (κ1) is 77.1. The van der Waals surface area contributed by atoms with Crippen molar-refractivity contribution in [1.29, 1.82) is 0 Å². The predicted octanol–water partition coefficient (Wildman–Crippen LogP) is 15.9. The number of aliphatic hydroxyl groups is 1. The van der Waals surface area contributed by atoms with Crippen LogP contribution in [0.2, 0.25) is 0 Å². The van der Waals surface area contributed by atoms with Crippen molar-refractivity contribution >= 4 is 39.5 Å². The number of carbonyl (C=O) groups excluding carboxylic acids is 4. The molecule has 0 aliphatic heterocycles. The molecule has 0 aliphatic rings. The van der Waals surface area contributed by atoms with Crippen molar-refractivity contribution in [3.8, 4) is 0 Å². The topological polar surface area (TPSA) is 237 Å². The Morgan fingerprint density at radius 3 is 0.962 bits per heavy atom. The second kappa shape index (κ2) is 51.7. The smallest absolute Gasteiger partial charge is 0.462 e. The minimum absolute atomic E-state index is 0.102. The zero-order valence-corrected chi connectivity index (χ0v) is 52.6. The number of hydrogen-bond acceptors (Lipinski definition) is 15. The first-order valence-electron chi connectivity index (χ1n) is 31.4. The molecule has 468 valence electrons. The van der Waals surface area contributed by atoms with E-state index in [2.05, 4.69) is 48.5 Å². The number of esters is 4. The molecule has 0 fully saturated rings. The van der Waals surface area contributed by atoms with Crippen molar-refractivity contribution in [2.24, 2.45) is 17.8 Å². The van der Waals surface area contributed by atoms with E-state index in [1.54, 1.807) is 0 Å². The number of phosphoric acid groups is 2. The van der Waals surface area contributed by atoms with Crippen molar-refractivity contribution < 1.29 is 80.2 Å². The van der Waals surface area contributed by atoms with E-state index in [9.17, 15) is 43.2 Å². The number of aliphatic hydroxyl groups excluding tert-OH is 1. The lowest BCUT2D eigenvalue weighted by atomic mass is 9.99. The maximum absolute atomic E-state index is 12.9. The standard InChI is InChI=1S/C60H116O17P2/c1-8-10-11-24-34-41-57(62)70-47-55(76-60(65)44-37-30-23-17-19-26-32-39-52(5)6)49-74-78(66,67)72-45-54(61)46-73-79(68,69)75-50-56(77-59(64)43-36-29-22-14-12-13-18-25-31-38-51(3)4)48-71-58(63)42-35-28-21-16-15-20-27-33-40-53(7)9-2/h51-56,61H,8-50H2,1-7H3,(H,66,67)(H,68,69)/t53?,54-,55+,56+/m0/s1. The Kier molecular flexibility index (Phi) is 50.4. The van der Waals surface area contributed by atoms with E-state index < -0.39 is 97.5 Å². The van der Waals surface area contributed by atoms with E-state index in [0.29, 0.717) is 31.6 Å². The molecule has 0 saturated heterocycles. The normalized spacial score (nSPS) is 14.8. The Bertz CT molecular complexity index is 1580. The average Bonchev–Trinajstić information content (AvgIpc) is 3.40. The SMILES string of the molecule is CCCCCCCC(=O)OC[C@H](COP(=O)(O)OC[C@H](O)COP(=O)(O)OC[C@@H](COC(=O)CCCCCCCCCCC(C)CC)OC(=O)CCCCCCCCCCCC(C)C)OC(=O)CCCCCCCCCC(C)C. The fourth-order valence-corrected chi connectivity index (χ4v) is 10.3. The van der Waals surface area contributed by atoms with Gasteiger partial charge in [-0.05, 0) is 43.4 Å². The number of ether oxygens (including phenoxy) is 4. The Hall–Kier alpha value is -1.94. The zero-order valence-electron chi connectivity index (χ0n) is 50.8. The number of rotatable bonds is 58. The predicted molar refractivity (Wildman–Crippen MR) is 312 cm³/mol. The van der Waals surface area contributed by atoms with Gasteiger partial charge in [-0.1, -0.05) is 235 Å².